The van der Waals surface area contributed by atoms with Crippen molar-refractivity contribution in [1.82, 2.24) is 4.98 Å². The number of nitro groups is 1. The highest BCUT2D eigenvalue weighted by atomic mass is 19.4. The highest BCUT2D eigenvalue weighted by Crippen LogP contribution is 2.36. The molecule has 7 nitrogen and oxygen atoms in total. The van der Waals surface area contributed by atoms with E-state index in [1.54, 1.807) is 0 Å². The molecule has 0 aliphatic rings. The van der Waals surface area contributed by atoms with Crippen molar-refractivity contribution in [3.8, 4) is 5.75 Å². The summed E-state index contributed by atoms with van der Waals surface area (Å²) in [6, 6.07) is 0. The quantitative estimate of drug-likeness (QED) is 0.278. The Morgan fingerprint density at radius 2 is 2.10 bits per heavy atom. The van der Waals surface area contributed by atoms with E-state index >= 15 is 0 Å². The van der Waals surface area contributed by atoms with Gasteiger partial charge in [-0.1, -0.05) is 0 Å². The molecule has 1 aromatic rings. The lowest BCUT2D eigenvalue weighted by Gasteiger charge is -2.12. The molecule has 0 aromatic carbocycles. The number of aromatic nitrogens is 1. The van der Waals surface area contributed by atoms with Crippen LogP contribution in [0.25, 0.3) is 0 Å². The Morgan fingerprint density at radius 1 is 1.50 bits per heavy atom. The first-order chi connectivity index (χ1) is 9.17. The molecule has 0 aliphatic carbocycles. The number of rotatable bonds is 4. The van der Waals surface area contributed by atoms with Gasteiger partial charge < -0.3 is 9.47 Å². The zero-order chi connectivity index (χ0) is 15.5. The zero-order valence-electron chi connectivity index (χ0n) is 9.73. The van der Waals surface area contributed by atoms with Gasteiger partial charge >= 0.3 is 18.0 Å². The summed E-state index contributed by atoms with van der Waals surface area (Å²) < 4.78 is 57.6. The van der Waals surface area contributed by atoms with E-state index in [4.69, 9.17) is 0 Å². The van der Waals surface area contributed by atoms with E-state index in [0.717, 1.165) is 0 Å². The van der Waals surface area contributed by atoms with Crippen molar-refractivity contribution in [2.45, 2.75) is 13.3 Å². The molecule has 0 radical (unpaired) electrons. The summed E-state index contributed by atoms with van der Waals surface area (Å²) in [5.74, 6) is -4.83. The van der Waals surface area contributed by atoms with Crippen LogP contribution < -0.4 is 4.74 Å². The second-order valence-corrected chi connectivity index (χ2v) is 3.16. The number of esters is 1. The third-order valence-corrected chi connectivity index (χ3v) is 1.86. The second-order valence-electron chi connectivity index (χ2n) is 3.16. The third kappa shape index (κ3) is 3.52. The van der Waals surface area contributed by atoms with Crippen LogP contribution in [0.15, 0.2) is 6.20 Å². The van der Waals surface area contributed by atoms with Gasteiger partial charge in [-0.05, 0) is 6.92 Å². The Labute approximate surface area is 108 Å². The summed E-state index contributed by atoms with van der Waals surface area (Å²) in [5, 5.41) is 10.6. The van der Waals surface area contributed by atoms with Crippen molar-refractivity contribution in [2.75, 3.05) is 6.61 Å². The van der Waals surface area contributed by atoms with E-state index in [0.29, 0.717) is 0 Å². The fourth-order valence-electron chi connectivity index (χ4n) is 1.19. The van der Waals surface area contributed by atoms with Crippen molar-refractivity contribution >= 4 is 11.7 Å². The van der Waals surface area contributed by atoms with Gasteiger partial charge in [0.05, 0.1) is 11.5 Å². The molecule has 1 heterocycles. The van der Waals surface area contributed by atoms with Crippen molar-refractivity contribution in [2.24, 2.45) is 0 Å². The lowest BCUT2D eigenvalue weighted by Crippen LogP contribution is -2.22. The molecular weight excluding hydrogens is 292 g/mol. The smallest absolute Gasteiger partial charge is 0.462 e. The molecule has 0 bridgehead atoms. The highest BCUT2D eigenvalue weighted by molar-refractivity contribution is 5.94. The topological polar surface area (TPSA) is 91.6 Å². The van der Waals surface area contributed by atoms with Gasteiger partial charge in [0.15, 0.2) is 5.56 Å². The van der Waals surface area contributed by atoms with Crippen molar-refractivity contribution in [3.63, 3.8) is 0 Å². The fourth-order valence-corrected chi connectivity index (χ4v) is 1.19. The third-order valence-electron chi connectivity index (χ3n) is 1.86. The van der Waals surface area contributed by atoms with E-state index in [9.17, 15) is 32.5 Å². The van der Waals surface area contributed by atoms with E-state index < -0.39 is 40.2 Å². The number of hydrogen-bond donors (Lipinski definition) is 0. The maximum absolute atomic E-state index is 13.4. The summed E-state index contributed by atoms with van der Waals surface area (Å²) in [4.78, 5) is 23.5. The van der Waals surface area contributed by atoms with Crippen LogP contribution in [0.2, 0.25) is 0 Å². The number of hydrogen-bond acceptors (Lipinski definition) is 6. The standard InChI is InChI=1S/C9H6F4N2O5/c1-2-19-8(16)5-6(20-9(11,12)13)4(15(17)18)3-14-7(5)10/h3H,2H2,1H3. The molecule has 20 heavy (non-hydrogen) atoms. The molecule has 0 aliphatic heterocycles. The van der Waals surface area contributed by atoms with Crippen LogP contribution in [-0.4, -0.2) is 28.8 Å². The fraction of sp³-hybridized carbons (Fsp3) is 0.333. The second kappa shape index (κ2) is 5.67. The molecular formula is C9H6F4N2O5. The van der Waals surface area contributed by atoms with Crippen LogP contribution in [0.4, 0.5) is 23.2 Å². The molecule has 0 saturated heterocycles. The number of nitrogens with zero attached hydrogens (tertiary/aromatic N) is 2. The van der Waals surface area contributed by atoms with Crippen LogP contribution in [0.3, 0.4) is 0 Å². The first kappa shape index (κ1) is 15.6. The van der Waals surface area contributed by atoms with Gasteiger partial charge in [0.2, 0.25) is 11.7 Å². The molecule has 1 rings (SSSR count). The van der Waals surface area contributed by atoms with Crippen LogP contribution in [-0.2, 0) is 4.74 Å². The number of ether oxygens (including phenoxy) is 2. The largest absolute Gasteiger partial charge is 0.573 e. The first-order valence-electron chi connectivity index (χ1n) is 4.93. The summed E-state index contributed by atoms with van der Waals surface area (Å²) in [6.07, 6.45) is -5.15. The molecule has 0 fully saturated rings. The molecule has 0 saturated carbocycles. The van der Waals surface area contributed by atoms with Crippen LogP contribution >= 0.6 is 0 Å². The maximum atomic E-state index is 13.4. The summed E-state index contributed by atoms with van der Waals surface area (Å²) >= 11 is 0. The van der Waals surface area contributed by atoms with Crippen molar-refractivity contribution in [3.05, 3.63) is 27.8 Å². The molecule has 11 heteroatoms. The minimum atomic E-state index is -5.36. The van der Waals surface area contributed by atoms with Crippen molar-refractivity contribution < 1.29 is 36.8 Å². The van der Waals surface area contributed by atoms with E-state index in [1.807, 2.05) is 0 Å². The Morgan fingerprint density at radius 3 is 2.55 bits per heavy atom. The summed E-state index contributed by atoms with van der Waals surface area (Å²) in [7, 11) is 0. The van der Waals surface area contributed by atoms with Gasteiger partial charge in [0.1, 0.15) is 6.20 Å². The number of alkyl halides is 3. The van der Waals surface area contributed by atoms with Gasteiger partial charge in [-0.3, -0.25) is 10.1 Å². The Bertz CT molecular complexity index is 546. The van der Waals surface area contributed by atoms with Gasteiger partial charge in [-0.2, -0.15) is 4.39 Å². The lowest BCUT2D eigenvalue weighted by atomic mass is 10.2. The van der Waals surface area contributed by atoms with Gasteiger partial charge in [-0.15, -0.1) is 13.2 Å². The number of carbonyl (C=O) groups excluding carboxylic acids is 1. The van der Waals surface area contributed by atoms with Crippen molar-refractivity contribution in [1.29, 1.82) is 0 Å². The Balaban J connectivity index is 3.49. The SMILES string of the molecule is CCOC(=O)c1c(F)ncc([N+](=O)[O-])c1OC(F)(F)F. The lowest BCUT2D eigenvalue weighted by molar-refractivity contribution is -0.389. The van der Waals surface area contributed by atoms with Crippen LogP contribution in [0.1, 0.15) is 17.3 Å². The average Bonchev–Trinajstić information content (AvgIpc) is 2.26. The first-order valence-corrected chi connectivity index (χ1v) is 4.93. The molecule has 1 aromatic heterocycles. The molecule has 110 valence electrons. The summed E-state index contributed by atoms with van der Waals surface area (Å²) in [6.45, 7) is 1.03. The number of halogens is 4. The van der Waals surface area contributed by atoms with Gasteiger partial charge in [0.25, 0.3) is 0 Å². The molecule has 0 N–H and O–H groups in total. The Kier molecular flexibility index (Phi) is 4.42. The zero-order valence-corrected chi connectivity index (χ0v) is 9.73. The van der Waals surface area contributed by atoms with E-state index in [1.165, 1.54) is 6.92 Å². The molecule has 0 amide bonds. The molecule has 0 atom stereocenters. The molecule has 0 unspecified atom stereocenters. The van der Waals surface area contributed by atoms with E-state index in [-0.39, 0.29) is 12.8 Å². The Hall–Kier alpha value is -2.46. The van der Waals surface area contributed by atoms with Crippen LogP contribution in [0.5, 0.6) is 5.75 Å². The van der Waals surface area contributed by atoms with Gasteiger partial charge in [0, 0.05) is 0 Å². The molecule has 0 spiro atoms. The minimum Gasteiger partial charge on any atom is -0.462 e. The minimum absolute atomic E-state index is 0.207. The monoisotopic (exact) mass is 298 g/mol. The number of carbonyl (C=O) groups is 1. The van der Waals surface area contributed by atoms with Gasteiger partial charge in [-0.25, -0.2) is 9.78 Å². The van der Waals surface area contributed by atoms with Crippen LogP contribution in [0, 0.1) is 16.1 Å². The normalized spacial score (nSPS) is 11.1. The van der Waals surface area contributed by atoms with E-state index in [2.05, 4.69) is 14.5 Å². The predicted molar refractivity (Wildman–Crippen MR) is 53.5 cm³/mol. The highest BCUT2D eigenvalue weighted by Gasteiger charge is 2.39. The summed E-state index contributed by atoms with van der Waals surface area (Å²) in [5.41, 5.74) is -2.70. The average molecular weight is 298 g/mol. The number of pyridine rings is 1. The maximum Gasteiger partial charge on any atom is 0.573 e. The predicted octanol–water partition coefficient (Wildman–Crippen LogP) is 2.20.